The molecule has 140 valence electrons. The molecule has 1 aromatic heterocycles. The molecule has 4 rings (SSSR count). The number of allylic oxidation sites excluding steroid dienone is 1. The molecule has 0 saturated heterocycles. The topological polar surface area (TPSA) is 28.5 Å². The normalized spacial score (nSPS) is 24.3. The molecule has 7 heteroatoms. The van der Waals surface area contributed by atoms with E-state index in [1.54, 1.807) is 30.1 Å². The highest BCUT2D eigenvalue weighted by molar-refractivity contribution is 8.16. The lowest BCUT2D eigenvalue weighted by Gasteiger charge is -2.36. The van der Waals surface area contributed by atoms with E-state index in [2.05, 4.69) is 36.1 Å². The molecule has 1 aromatic carbocycles. The molecule has 27 heavy (non-hydrogen) atoms. The molecule has 0 saturated carbocycles. The summed E-state index contributed by atoms with van der Waals surface area (Å²) in [7, 11) is 0. The fourth-order valence-electron chi connectivity index (χ4n) is 3.66. The van der Waals surface area contributed by atoms with Gasteiger partial charge in [0.25, 0.3) is 0 Å². The molecule has 2 aliphatic heterocycles. The van der Waals surface area contributed by atoms with Gasteiger partial charge in [0.15, 0.2) is 5.17 Å². The lowest BCUT2D eigenvalue weighted by Crippen LogP contribution is -2.35. The summed E-state index contributed by atoms with van der Waals surface area (Å²) >= 11 is 13.5. The second kappa shape index (κ2) is 6.80. The highest BCUT2D eigenvalue weighted by atomic mass is 35.5. The van der Waals surface area contributed by atoms with Gasteiger partial charge < -0.3 is 4.90 Å². The van der Waals surface area contributed by atoms with Crippen molar-refractivity contribution in [2.45, 2.75) is 32.4 Å². The Kier molecular flexibility index (Phi) is 4.73. The summed E-state index contributed by atoms with van der Waals surface area (Å²) in [6, 6.07) is 8.48. The van der Waals surface area contributed by atoms with Crippen molar-refractivity contribution in [1.29, 1.82) is 0 Å². The van der Waals surface area contributed by atoms with Gasteiger partial charge in [-0.15, -0.1) is 0 Å². The molecule has 0 N–H and O–H groups in total. The van der Waals surface area contributed by atoms with Gasteiger partial charge in [-0.2, -0.15) is 0 Å². The standard InChI is InChI=1S/C20H18Cl2FN3S/c1-11(2)16-10-27-19-25-20(3,13-5-7-17(22)24-9-13)18(26(16)19)12-4-6-14(21)15(23)8-12/h4-11,18H,1-3H3/t18-,20+/m1/s1. The van der Waals surface area contributed by atoms with Gasteiger partial charge in [0.05, 0.1) is 11.1 Å². The highest BCUT2D eigenvalue weighted by Gasteiger charge is 2.50. The second-order valence-electron chi connectivity index (χ2n) is 7.17. The number of hydrogen-bond acceptors (Lipinski definition) is 4. The Hall–Kier alpha value is -1.56. The minimum atomic E-state index is -0.630. The molecule has 2 atom stereocenters. The number of halogens is 3. The maximum absolute atomic E-state index is 14.3. The zero-order chi connectivity index (χ0) is 19.3. The van der Waals surface area contributed by atoms with Crippen molar-refractivity contribution in [3.05, 3.63) is 74.8 Å². The SMILES string of the molecule is CC(C)C1=CSC2=N[C@@](C)(c3ccc(Cl)nc3)[C@@H](c3ccc(Cl)c(F)c3)N12. The third-order valence-electron chi connectivity index (χ3n) is 5.05. The van der Waals surface area contributed by atoms with Crippen LogP contribution < -0.4 is 0 Å². The first-order valence-electron chi connectivity index (χ1n) is 8.64. The van der Waals surface area contributed by atoms with Gasteiger partial charge >= 0.3 is 0 Å². The summed E-state index contributed by atoms with van der Waals surface area (Å²) in [5.41, 5.74) is 2.29. The van der Waals surface area contributed by atoms with E-state index in [1.165, 1.54) is 11.8 Å². The molecule has 0 fully saturated rings. The lowest BCUT2D eigenvalue weighted by molar-refractivity contribution is 0.273. The van der Waals surface area contributed by atoms with Crippen LogP contribution >= 0.6 is 35.0 Å². The Morgan fingerprint density at radius 3 is 2.63 bits per heavy atom. The van der Waals surface area contributed by atoms with Crippen LogP contribution in [0.5, 0.6) is 0 Å². The quantitative estimate of drug-likeness (QED) is 0.536. The fraction of sp³-hybridized carbons (Fsp3) is 0.300. The van der Waals surface area contributed by atoms with Crippen LogP contribution in [0.15, 0.2) is 52.6 Å². The number of aliphatic imine (C=N–C) groups is 1. The predicted molar refractivity (Wildman–Crippen MR) is 111 cm³/mol. The van der Waals surface area contributed by atoms with Gasteiger partial charge in [-0.1, -0.05) is 60.9 Å². The van der Waals surface area contributed by atoms with E-state index in [0.29, 0.717) is 11.1 Å². The Morgan fingerprint density at radius 2 is 2.00 bits per heavy atom. The average molecular weight is 422 g/mol. The third kappa shape index (κ3) is 3.06. The molecule has 0 bridgehead atoms. The summed E-state index contributed by atoms with van der Waals surface area (Å²) in [6.07, 6.45) is 1.75. The van der Waals surface area contributed by atoms with E-state index in [0.717, 1.165) is 16.3 Å². The predicted octanol–water partition coefficient (Wildman–Crippen LogP) is 6.40. The molecule has 3 nitrogen and oxygen atoms in total. The fourth-order valence-corrected chi connectivity index (χ4v) is 5.06. The lowest BCUT2D eigenvalue weighted by atomic mass is 9.82. The van der Waals surface area contributed by atoms with Gasteiger partial charge in [-0.05, 0) is 42.0 Å². The number of aromatic nitrogens is 1. The number of pyridine rings is 1. The van der Waals surface area contributed by atoms with Crippen LogP contribution in [-0.4, -0.2) is 15.1 Å². The van der Waals surface area contributed by atoms with Crippen LogP contribution in [0.1, 0.15) is 37.9 Å². The van der Waals surface area contributed by atoms with Gasteiger partial charge in [0, 0.05) is 17.5 Å². The zero-order valence-electron chi connectivity index (χ0n) is 15.1. The Morgan fingerprint density at radius 1 is 1.22 bits per heavy atom. The maximum atomic E-state index is 14.3. The summed E-state index contributed by atoms with van der Waals surface area (Å²) < 4.78 is 14.3. The van der Waals surface area contributed by atoms with Crippen molar-refractivity contribution < 1.29 is 4.39 Å². The minimum absolute atomic E-state index is 0.114. The number of amidine groups is 1. The van der Waals surface area contributed by atoms with Crippen molar-refractivity contribution in [2.24, 2.45) is 10.9 Å². The number of thioether (sulfide) groups is 1. The van der Waals surface area contributed by atoms with Gasteiger partial charge in [0.2, 0.25) is 0 Å². The van der Waals surface area contributed by atoms with Crippen molar-refractivity contribution in [3.63, 3.8) is 0 Å². The van der Waals surface area contributed by atoms with Crippen molar-refractivity contribution in [3.8, 4) is 0 Å². The number of fused-ring (bicyclic) bond motifs is 1. The highest BCUT2D eigenvalue weighted by Crippen LogP contribution is 2.54. The molecule has 3 heterocycles. The second-order valence-corrected chi connectivity index (χ2v) is 8.80. The number of rotatable bonds is 3. The maximum Gasteiger partial charge on any atom is 0.169 e. The van der Waals surface area contributed by atoms with E-state index in [-0.39, 0.29) is 11.1 Å². The molecule has 0 radical (unpaired) electrons. The molecular formula is C20H18Cl2FN3S. The van der Waals surface area contributed by atoms with Gasteiger partial charge in [-0.25, -0.2) is 14.4 Å². The molecule has 2 aliphatic rings. The average Bonchev–Trinajstić information content (AvgIpc) is 3.14. The largest absolute Gasteiger partial charge is 0.314 e. The smallest absolute Gasteiger partial charge is 0.169 e. The van der Waals surface area contributed by atoms with Gasteiger partial charge in [-0.3, -0.25) is 0 Å². The van der Waals surface area contributed by atoms with Crippen molar-refractivity contribution >= 4 is 40.1 Å². The summed E-state index contributed by atoms with van der Waals surface area (Å²) in [6.45, 7) is 6.35. The molecule has 0 spiro atoms. The van der Waals surface area contributed by atoms with E-state index in [9.17, 15) is 4.39 Å². The van der Waals surface area contributed by atoms with Crippen LogP contribution in [0.25, 0.3) is 0 Å². The van der Waals surface area contributed by atoms with Crippen molar-refractivity contribution in [1.82, 2.24) is 9.88 Å². The minimum Gasteiger partial charge on any atom is -0.314 e. The van der Waals surface area contributed by atoms with E-state index < -0.39 is 11.4 Å². The Balaban J connectivity index is 1.89. The van der Waals surface area contributed by atoms with E-state index in [4.69, 9.17) is 28.2 Å². The van der Waals surface area contributed by atoms with Crippen LogP contribution in [-0.2, 0) is 5.54 Å². The van der Waals surface area contributed by atoms with E-state index >= 15 is 0 Å². The molecular weight excluding hydrogens is 404 g/mol. The van der Waals surface area contributed by atoms with E-state index in [1.807, 2.05) is 12.1 Å². The number of hydrogen-bond donors (Lipinski definition) is 0. The van der Waals surface area contributed by atoms with Crippen LogP contribution in [0.4, 0.5) is 4.39 Å². The molecule has 2 aromatic rings. The summed E-state index contributed by atoms with van der Waals surface area (Å²) in [4.78, 5) is 11.5. The van der Waals surface area contributed by atoms with Gasteiger partial charge in [0.1, 0.15) is 16.5 Å². The summed E-state index contributed by atoms with van der Waals surface area (Å²) in [5.74, 6) is -0.114. The van der Waals surface area contributed by atoms with Crippen LogP contribution in [0, 0.1) is 11.7 Å². The molecule has 0 aliphatic carbocycles. The first-order chi connectivity index (χ1) is 12.8. The first-order valence-corrected chi connectivity index (χ1v) is 10.3. The Bertz CT molecular complexity index is 958. The third-order valence-corrected chi connectivity index (χ3v) is 6.44. The molecule has 0 amide bonds. The van der Waals surface area contributed by atoms with Crippen molar-refractivity contribution in [2.75, 3.05) is 0 Å². The van der Waals surface area contributed by atoms with Crippen LogP contribution in [0.2, 0.25) is 10.2 Å². The Labute approximate surface area is 172 Å². The van der Waals surface area contributed by atoms with Crippen LogP contribution in [0.3, 0.4) is 0 Å². The molecule has 0 unspecified atom stereocenters. The summed E-state index contributed by atoms with van der Waals surface area (Å²) in [5, 5.41) is 3.59. The number of benzene rings is 1. The monoisotopic (exact) mass is 421 g/mol. The number of nitrogens with zero attached hydrogens (tertiary/aromatic N) is 3. The zero-order valence-corrected chi connectivity index (χ0v) is 17.4. The first kappa shape index (κ1) is 18.8.